The Morgan fingerprint density at radius 2 is 2.24 bits per heavy atom. The van der Waals surface area contributed by atoms with Crippen molar-refractivity contribution in [3.8, 4) is 5.75 Å². The van der Waals surface area contributed by atoms with E-state index in [0.29, 0.717) is 10.5 Å². The summed E-state index contributed by atoms with van der Waals surface area (Å²) < 4.78 is 24.9. The fourth-order valence-corrected chi connectivity index (χ4v) is 3.20. The fourth-order valence-electron chi connectivity index (χ4n) is 1.98. The monoisotopic (exact) mass is 431 g/mol. The van der Waals surface area contributed by atoms with Crippen LogP contribution in [0.15, 0.2) is 27.2 Å². The molecule has 0 heterocycles. The highest BCUT2D eigenvalue weighted by Gasteiger charge is 2.23. The van der Waals surface area contributed by atoms with Gasteiger partial charge >= 0.3 is 5.97 Å². The number of rotatable bonds is 8. The molecule has 1 N–H and O–H groups in total. The molecule has 0 aliphatic heterocycles. The zero-order valence-corrected chi connectivity index (χ0v) is 16.3. The van der Waals surface area contributed by atoms with Crippen molar-refractivity contribution in [1.82, 2.24) is 0 Å². The second-order valence-corrected chi connectivity index (χ2v) is 6.97. The van der Waals surface area contributed by atoms with Gasteiger partial charge < -0.3 is 14.6 Å². The number of thioether (sulfide) groups is 1. The Kier molecular flexibility index (Phi) is 7.31. The maximum Gasteiger partial charge on any atom is 0.338 e. The van der Waals surface area contributed by atoms with Gasteiger partial charge in [-0.05, 0) is 47.8 Å². The summed E-state index contributed by atoms with van der Waals surface area (Å²) in [6.07, 6.45) is 2.15. The molecule has 2 rings (SSSR count). The molecule has 1 aromatic rings. The van der Waals surface area contributed by atoms with E-state index in [0.717, 1.165) is 12.8 Å². The van der Waals surface area contributed by atoms with Gasteiger partial charge in [0.25, 0.3) is 0 Å². The minimum Gasteiger partial charge on any atom is -0.507 e. The number of aliphatic imine (C=N–C) groups is 1. The zero-order chi connectivity index (χ0) is 18.4. The third kappa shape index (κ3) is 5.22. The van der Waals surface area contributed by atoms with Crippen LogP contribution in [0.4, 0.5) is 4.39 Å². The molecule has 1 aliphatic rings. The van der Waals surface area contributed by atoms with Crippen molar-refractivity contribution in [3.05, 3.63) is 33.6 Å². The van der Waals surface area contributed by atoms with Crippen LogP contribution in [-0.2, 0) is 9.53 Å². The minimum absolute atomic E-state index is 0.0163. The highest BCUT2D eigenvalue weighted by Crippen LogP contribution is 2.34. The second kappa shape index (κ2) is 9.24. The van der Waals surface area contributed by atoms with E-state index < -0.39 is 17.5 Å². The van der Waals surface area contributed by atoms with E-state index in [-0.39, 0.29) is 29.2 Å². The molecule has 8 heteroatoms. The molecule has 0 amide bonds. The Morgan fingerprint density at radius 1 is 1.52 bits per heavy atom. The molecule has 5 nitrogen and oxygen atoms in total. The van der Waals surface area contributed by atoms with Crippen molar-refractivity contribution in [1.29, 1.82) is 0 Å². The number of ether oxygens (including phenoxy) is 2. The molecule has 1 aromatic carbocycles. The normalized spacial score (nSPS) is 15.2. The number of esters is 1. The summed E-state index contributed by atoms with van der Waals surface area (Å²) in [5.41, 5.74) is 1.52. The van der Waals surface area contributed by atoms with Crippen molar-refractivity contribution < 1.29 is 23.8 Å². The van der Waals surface area contributed by atoms with Gasteiger partial charge in [-0.3, -0.25) is 4.99 Å². The van der Waals surface area contributed by atoms with Gasteiger partial charge in [-0.2, -0.15) is 0 Å². The summed E-state index contributed by atoms with van der Waals surface area (Å²) in [4.78, 5) is 16.5. The molecule has 0 aromatic heterocycles. The lowest BCUT2D eigenvalue weighted by Crippen LogP contribution is -2.13. The highest BCUT2D eigenvalue weighted by atomic mass is 79.9. The van der Waals surface area contributed by atoms with Gasteiger partial charge in [-0.15, -0.1) is 11.8 Å². The fraction of sp³-hybridized carbons (Fsp3) is 0.412. The first-order chi connectivity index (χ1) is 12.0. The van der Waals surface area contributed by atoms with E-state index >= 15 is 0 Å². The number of benzene rings is 1. The number of halogens is 2. The quantitative estimate of drug-likeness (QED) is 0.218. The molecule has 0 atom stereocenters. The number of hydrogen-bond donors (Lipinski definition) is 1. The van der Waals surface area contributed by atoms with Gasteiger partial charge in [-0.25, -0.2) is 9.18 Å². The summed E-state index contributed by atoms with van der Waals surface area (Å²) in [5.74, 6) is -1.83. The number of nitrogens with zero attached hydrogens (tertiary/aromatic N) is 1. The molecule has 136 valence electrons. The van der Waals surface area contributed by atoms with E-state index in [1.165, 1.54) is 31.0 Å². The van der Waals surface area contributed by atoms with Gasteiger partial charge in [-0.1, -0.05) is 0 Å². The summed E-state index contributed by atoms with van der Waals surface area (Å²) in [7, 11) is 1.32. The molecule has 0 saturated heterocycles. The zero-order valence-electron chi connectivity index (χ0n) is 13.9. The van der Waals surface area contributed by atoms with Crippen molar-refractivity contribution in [2.24, 2.45) is 4.99 Å². The number of aliphatic hydroxyl groups is 1. The molecule has 0 bridgehead atoms. The van der Waals surface area contributed by atoms with Crippen molar-refractivity contribution in [2.45, 2.75) is 25.8 Å². The number of methoxy groups -OCH3 is 1. The Balaban J connectivity index is 2.32. The van der Waals surface area contributed by atoms with Crippen LogP contribution in [0.3, 0.4) is 0 Å². The number of hydrogen-bond acceptors (Lipinski definition) is 6. The van der Waals surface area contributed by atoms with Crippen LogP contribution in [0.5, 0.6) is 5.75 Å². The molecular weight excluding hydrogens is 413 g/mol. The molecule has 25 heavy (non-hydrogen) atoms. The topological polar surface area (TPSA) is 68.1 Å². The van der Waals surface area contributed by atoms with Crippen LogP contribution in [-0.4, -0.2) is 42.1 Å². The lowest BCUT2D eigenvalue weighted by molar-refractivity contribution is -0.138. The second-order valence-electron chi connectivity index (χ2n) is 5.29. The summed E-state index contributed by atoms with van der Waals surface area (Å²) in [5, 5.41) is 10.5. The standard InChI is InChI=1S/C17H19BrFNO4S/c1-3-24-17(22)12(8-25-9-20-10-4-5-10)15(21)11-6-7-13(18)16(23-2)14(11)19/h6-7,9-10,21H,3-5,8H2,1-2H3. The lowest BCUT2D eigenvalue weighted by atomic mass is 10.1. The molecule has 1 saturated carbocycles. The van der Waals surface area contributed by atoms with Crippen molar-refractivity contribution in [3.63, 3.8) is 0 Å². The average molecular weight is 432 g/mol. The largest absolute Gasteiger partial charge is 0.507 e. The molecule has 1 aliphatic carbocycles. The Bertz CT molecular complexity index is 704. The van der Waals surface area contributed by atoms with E-state index in [1.807, 2.05) is 0 Å². The average Bonchev–Trinajstić information content (AvgIpc) is 3.39. The van der Waals surface area contributed by atoms with E-state index in [9.17, 15) is 14.3 Å². The Morgan fingerprint density at radius 3 is 2.84 bits per heavy atom. The van der Waals surface area contributed by atoms with E-state index in [4.69, 9.17) is 9.47 Å². The first-order valence-corrected chi connectivity index (χ1v) is 9.58. The lowest BCUT2D eigenvalue weighted by Gasteiger charge is -2.12. The molecular formula is C17H19BrFNO4S. The Labute approximate surface area is 158 Å². The predicted octanol–water partition coefficient (Wildman–Crippen LogP) is 4.35. The molecule has 0 radical (unpaired) electrons. The first-order valence-electron chi connectivity index (χ1n) is 7.74. The SMILES string of the molecule is CCOC(=O)C(CSC=NC1CC1)=C(O)c1ccc(Br)c(OC)c1F. The molecule has 0 spiro atoms. The Hall–Kier alpha value is -1.54. The third-order valence-corrected chi connectivity index (χ3v) is 4.79. The van der Waals surface area contributed by atoms with Gasteiger partial charge in [0.1, 0.15) is 5.76 Å². The van der Waals surface area contributed by atoms with Crippen LogP contribution in [0.1, 0.15) is 25.3 Å². The van der Waals surface area contributed by atoms with E-state index in [2.05, 4.69) is 20.9 Å². The van der Waals surface area contributed by atoms with Crippen LogP contribution in [0.2, 0.25) is 0 Å². The molecule has 0 unspecified atom stereocenters. The first kappa shape index (κ1) is 19.8. The smallest absolute Gasteiger partial charge is 0.338 e. The maximum atomic E-state index is 14.6. The van der Waals surface area contributed by atoms with Crippen molar-refractivity contribution >= 4 is 45.0 Å². The van der Waals surface area contributed by atoms with Crippen LogP contribution in [0.25, 0.3) is 5.76 Å². The highest BCUT2D eigenvalue weighted by molar-refractivity contribution is 9.10. The number of carbonyl (C=O) groups is 1. The van der Waals surface area contributed by atoms with Gasteiger partial charge in [0, 0.05) is 5.75 Å². The van der Waals surface area contributed by atoms with Gasteiger partial charge in [0.15, 0.2) is 11.6 Å². The molecule has 1 fully saturated rings. The van der Waals surface area contributed by atoms with Gasteiger partial charge in [0.05, 0.1) is 40.9 Å². The van der Waals surface area contributed by atoms with Crippen molar-refractivity contribution in [2.75, 3.05) is 19.5 Å². The summed E-state index contributed by atoms with van der Waals surface area (Å²) in [6.45, 7) is 1.82. The third-order valence-electron chi connectivity index (χ3n) is 3.44. The maximum absolute atomic E-state index is 14.6. The van der Waals surface area contributed by atoms with Crippen LogP contribution >= 0.6 is 27.7 Å². The van der Waals surface area contributed by atoms with Gasteiger partial charge in [0.2, 0.25) is 0 Å². The van der Waals surface area contributed by atoms with E-state index in [1.54, 1.807) is 12.5 Å². The summed E-state index contributed by atoms with van der Waals surface area (Å²) >= 11 is 4.43. The van der Waals surface area contributed by atoms with Crippen LogP contribution < -0.4 is 4.74 Å². The minimum atomic E-state index is -0.757. The van der Waals surface area contributed by atoms with Crippen LogP contribution in [0, 0.1) is 5.82 Å². The summed E-state index contributed by atoms with van der Waals surface area (Å²) in [6, 6.07) is 3.28. The number of aliphatic hydroxyl groups excluding tert-OH is 1. The number of carbonyl (C=O) groups excluding carboxylic acids is 1. The predicted molar refractivity (Wildman–Crippen MR) is 101 cm³/mol.